The number of ether oxygens (including phenoxy) is 2. The van der Waals surface area contributed by atoms with Crippen molar-refractivity contribution in [3.63, 3.8) is 0 Å². The van der Waals surface area contributed by atoms with Gasteiger partial charge in [-0.15, -0.1) is 0 Å². The molecule has 0 aliphatic carbocycles. The van der Waals surface area contributed by atoms with Crippen molar-refractivity contribution in [3.05, 3.63) is 60.3 Å². The first-order valence-corrected chi connectivity index (χ1v) is 9.56. The summed E-state index contributed by atoms with van der Waals surface area (Å²) in [7, 11) is 3.30. The van der Waals surface area contributed by atoms with Crippen LogP contribution in [0.2, 0.25) is 0 Å². The van der Waals surface area contributed by atoms with Gasteiger partial charge in [0.05, 0.1) is 19.9 Å². The van der Waals surface area contributed by atoms with Crippen LogP contribution in [0.25, 0.3) is 11.3 Å². The number of anilines is 1. The Hall–Kier alpha value is -3.48. The number of amides is 1. The Labute approximate surface area is 169 Å². The monoisotopic (exact) mass is 392 g/mol. The van der Waals surface area contributed by atoms with Gasteiger partial charge in [-0.05, 0) is 54.6 Å². The molecule has 7 heteroatoms. The third-order valence-corrected chi connectivity index (χ3v) is 5.20. The molecule has 7 nitrogen and oxygen atoms in total. The maximum atomic E-state index is 12.9. The third-order valence-electron chi connectivity index (χ3n) is 5.20. The molecule has 1 saturated heterocycles. The van der Waals surface area contributed by atoms with E-state index in [1.807, 2.05) is 53.4 Å². The largest absolute Gasteiger partial charge is 0.497 e. The van der Waals surface area contributed by atoms with Gasteiger partial charge >= 0.3 is 0 Å². The summed E-state index contributed by atoms with van der Waals surface area (Å²) in [5.41, 5.74) is 3.33. The Kier molecular flexibility index (Phi) is 5.37. The summed E-state index contributed by atoms with van der Waals surface area (Å²) in [6.45, 7) is 2.92. The van der Waals surface area contributed by atoms with Crippen LogP contribution >= 0.6 is 0 Å². The smallest absolute Gasteiger partial charge is 0.272 e. The van der Waals surface area contributed by atoms with E-state index in [1.165, 1.54) is 0 Å². The highest BCUT2D eigenvalue weighted by atomic mass is 16.5. The highest BCUT2D eigenvalue weighted by Crippen LogP contribution is 2.23. The fourth-order valence-corrected chi connectivity index (χ4v) is 3.47. The van der Waals surface area contributed by atoms with E-state index in [2.05, 4.69) is 15.1 Å². The molecule has 29 heavy (non-hydrogen) atoms. The molecule has 150 valence electrons. The molecule has 2 heterocycles. The summed E-state index contributed by atoms with van der Waals surface area (Å²) in [4.78, 5) is 17.0. The summed E-state index contributed by atoms with van der Waals surface area (Å²) in [6, 6.07) is 17.4. The fourth-order valence-electron chi connectivity index (χ4n) is 3.47. The first-order chi connectivity index (χ1) is 14.2. The van der Waals surface area contributed by atoms with E-state index in [0.717, 1.165) is 41.5 Å². The van der Waals surface area contributed by atoms with Crippen molar-refractivity contribution in [2.75, 3.05) is 45.3 Å². The lowest BCUT2D eigenvalue weighted by molar-refractivity contribution is 0.0741. The quantitative estimate of drug-likeness (QED) is 0.723. The van der Waals surface area contributed by atoms with Crippen molar-refractivity contribution in [3.8, 4) is 22.8 Å². The number of hydrogen-bond donors (Lipinski definition) is 1. The summed E-state index contributed by atoms with van der Waals surface area (Å²) < 4.78 is 10.4. The van der Waals surface area contributed by atoms with Crippen LogP contribution in [0.4, 0.5) is 5.69 Å². The number of nitrogens with zero attached hydrogens (tertiary/aromatic N) is 3. The average Bonchev–Trinajstić information content (AvgIpc) is 3.29. The minimum Gasteiger partial charge on any atom is -0.497 e. The molecule has 0 radical (unpaired) electrons. The third kappa shape index (κ3) is 4.03. The molecular weight excluding hydrogens is 368 g/mol. The average molecular weight is 392 g/mol. The number of piperazine rings is 1. The standard InChI is InChI=1S/C22H24N4O3/c1-28-18-7-3-16(4-8-18)20-15-21(24-23-20)22(27)26-13-11-25(12-14-26)17-5-9-19(29-2)10-6-17/h3-10,15H,11-14H2,1-2H3,(H,23,24). The highest BCUT2D eigenvalue weighted by molar-refractivity contribution is 5.93. The molecule has 1 aromatic heterocycles. The number of carbonyl (C=O) groups excluding carboxylic acids is 1. The Bertz CT molecular complexity index is 958. The molecule has 2 aromatic carbocycles. The number of aromatic nitrogens is 2. The van der Waals surface area contributed by atoms with E-state index in [1.54, 1.807) is 20.3 Å². The summed E-state index contributed by atoms with van der Waals surface area (Å²) in [5.74, 6) is 1.61. The summed E-state index contributed by atoms with van der Waals surface area (Å²) in [6.07, 6.45) is 0. The summed E-state index contributed by atoms with van der Waals surface area (Å²) in [5, 5.41) is 7.19. The number of benzene rings is 2. The van der Waals surface area contributed by atoms with Gasteiger partial charge in [0.1, 0.15) is 17.2 Å². The van der Waals surface area contributed by atoms with Crippen LogP contribution in [0.3, 0.4) is 0 Å². The van der Waals surface area contributed by atoms with Crippen molar-refractivity contribution in [2.45, 2.75) is 0 Å². The van der Waals surface area contributed by atoms with E-state index in [-0.39, 0.29) is 5.91 Å². The van der Waals surface area contributed by atoms with Crippen molar-refractivity contribution in [1.29, 1.82) is 0 Å². The zero-order valence-corrected chi connectivity index (χ0v) is 16.6. The number of rotatable bonds is 5. The van der Waals surface area contributed by atoms with Crippen LogP contribution in [0, 0.1) is 0 Å². The van der Waals surface area contributed by atoms with Gasteiger partial charge < -0.3 is 19.3 Å². The lowest BCUT2D eigenvalue weighted by Gasteiger charge is -2.35. The number of aromatic amines is 1. The van der Waals surface area contributed by atoms with E-state index in [9.17, 15) is 4.79 Å². The minimum atomic E-state index is -0.0216. The van der Waals surface area contributed by atoms with Crippen LogP contribution < -0.4 is 14.4 Å². The molecule has 0 atom stereocenters. The molecule has 1 N–H and O–H groups in total. The predicted molar refractivity (Wildman–Crippen MR) is 112 cm³/mol. The molecule has 0 spiro atoms. The molecule has 3 aromatic rings. The second-order valence-electron chi connectivity index (χ2n) is 6.87. The number of methoxy groups -OCH3 is 2. The van der Waals surface area contributed by atoms with Gasteiger partial charge in [-0.2, -0.15) is 5.10 Å². The van der Waals surface area contributed by atoms with E-state index in [0.29, 0.717) is 18.8 Å². The first kappa shape index (κ1) is 18.9. The second kappa shape index (κ2) is 8.26. The normalized spacial score (nSPS) is 14.0. The Morgan fingerprint density at radius 2 is 1.48 bits per heavy atom. The lowest BCUT2D eigenvalue weighted by atomic mass is 10.1. The van der Waals surface area contributed by atoms with Gasteiger partial charge in [-0.25, -0.2) is 0 Å². The number of carbonyl (C=O) groups is 1. The summed E-state index contributed by atoms with van der Waals surface area (Å²) >= 11 is 0. The molecule has 4 rings (SSSR count). The van der Waals surface area contributed by atoms with E-state index < -0.39 is 0 Å². The highest BCUT2D eigenvalue weighted by Gasteiger charge is 2.24. The Balaban J connectivity index is 1.38. The first-order valence-electron chi connectivity index (χ1n) is 9.56. The van der Waals surface area contributed by atoms with Gasteiger partial charge in [0.2, 0.25) is 0 Å². The fraction of sp³-hybridized carbons (Fsp3) is 0.273. The molecule has 0 saturated carbocycles. The van der Waals surface area contributed by atoms with Crippen molar-refractivity contribution in [1.82, 2.24) is 15.1 Å². The maximum Gasteiger partial charge on any atom is 0.272 e. The zero-order valence-electron chi connectivity index (χ0n) is 16.6. The Morgan fingerprint density at radius 3 is 2.07 bits per heavy atom. The maximum absolute atomic E-state index is 12.9. The van der Waals surface area contributed by atoms with Crippen molar-refractivity contribution in [2.24, 2.45) is 0 Å². The van der Waals surface area contributed by atoms with Crippen LogP contribution in [-0.4, -0.2) is 61.4 Å². The molecule has 1 aliphatic rings. The lowest BCUT2D eigenvalue weighted by Crippen LogP contribution is -2.48. The van der Waals surface area contributed by atoms with Gasteiger partial charge in [-0.1, -0.05) is 0 Å². The minimum absolute atomic E-state index is 0.0216. The van der Waals surface area contributed by atoms with Crippen molar-refractivity contribution >= 4 is 11.6 Å². The van der Waals surface area contributed by atoms with Gasteiger partial charge in [0.15, 0.2) is 0 Å². The molecule has 1 amide bonds. The van der Waals surface area contributed by atoms with Crippen LogP contribution in [0.15, 0.2) is 54.6 Å². The predicted octanol–water partition coefficient (Wildman–Crippen LogP) is 3.06. The van der Waals surface area contributed by atoms with Crippen LogP contribution in [-0.2, 0) is 0 Å². The van der Waals surface area contributed by atoms with E-state index >= 15 is 0 Å². The molecular formula is C22H24N4O3. The zero-order chi connectivity index (χ0) is 20.2. The number of nitrogens with one attached hydrogen (secondary N) is 1. The van der Waals surface area contributed by atoms with Gasteiger partial charge in [0.25, 0.3) is 5.91 Å². The number of hydrogen-bond acceptors (Lipinski definition) is 5. The van der Waals surface area contributed by atoms with Gasteiger partial charge in [-0.3, -0.25) is 9.89 Å². The molecule has 1 fully saturated rings. The van der Waals surface area contributed by atoms with E-state index in [4.69, 9.17) is 9.47 Å². The topological polar surface area (TPSA) is 70.7 Å². The Morgan fingerprint density at radius 1 is 0.897 bits per heavy atom. The SMILES string of the molecule is COc1ccc(-c2cc(C(=O)N3CCN(c4ccc(OC)cc4)CC3)[nH]n2)cc1. The molecule has 0 bridgehead atoms. The van der Waals surface area contributed by atoms with Gasteiger partial charge in [0, 0.05) is 37.4 Å². The van der Waals surface area contributed by atoms with Crippen molar-refractivity contribution < 1.29 is 14.3 Å². The van der Waals surface area contributed by atoms with Crippen LogP contribution in [0.1, 0.15) is 10.5 Å². The molecule has 1 aliphatic heterocycles. The molecule has 0 unspecified atom stereocenters. The van der Waals surface area contributed by atoms with Crippen LogP contribution in [0.5, 0.6) is 11.5 Å². The second-order valence-corrected chi connectivity index (χ2v) is 6.87. The number of H-pyrrole nitrogens is 1.